The molecule has 1 fully saturated rings. The number of hydrogen-bond acceptors (Lipinski definition) is 6. The summed E-state index contributed by atoms with van der Waals surface area (Å²) in [6.07, 6.45) is 0.674. The number of alkyl halides is 3. The number of hydrogen-bond donors (Lipinski definition) is 1. The number of fused-ring (bicyclic) bond motifs is 1. The van der Waals surface area contributed by atoms with Crippen molar-refractivity contribution in [2.24, 2.45) is 5.92 Å². The van der Waals surface area contributed by atoms with E-state index in [4.69, 9.17) is 4.74 Å². The molecule has 0 radical (unpaired) electrons. The lowest BCUT2D eigenvalue weighted by Crippen LogP contribution is -2.43. The van der Waals surface area contributed by atoms with Crippen LogP contribution in [0.25, 0.3) is 11.0 Å². The van der Waals surface area contributed by atoms with E-state index in [9.17, 15) is 13.2 Å². The van der Waals surface area contributed by atoms with Crippen molar-refractivity contribution in [3.05, 3.63) is 36.4 Å². The first-order chi connectivity index (χ1) is 13.9. The Kier molecular flexibility index (Phi) is 5.28. The molecule has 6 nitrogen and oxygen atoms in total. The predicted octanol–water partition coefficient (Wildman–Crippen LogP) is 4.39. The topological polar surface area (TPSA) is 66.9 Å². The molecule has 1 aliphatic carbocycles. The Morgan fingerprint density at radius 1 is 1.24 bits per heavy atom. The van der Waals surface area contributed by atoms with Gasteiger partial charge in [-0.1, -0.05) is 0 Å². The first-order valence-corrected chi connectivity index (χ1v) is 10.1. The fourth-order valence-electron chi connectivity index (χ4n) is 3.53. The molecule has 0 aliphatic heterocycles. The lowest BCUT2D eigenvalue weighted by atomic mass is 9.81. The fourth-order valence-corrected chi connectivity index (χ4v) is 4.68. The van der Waals surface area contributed by atoms with Gasteiger partial charge in [-0.15, -0.1) is 11.8 Å². The molecule has 0 spiro atoms. The molecular weight excluding hydrogens is 403 g/mol. The first-order valence-electron chi connectivity index (χ1n) is 9.12. The maximum atomic E-state index is 13.3. The standard InChI is InChI=1S/C19H20F3N5OS/c1-27(18-13-5-6-23-17(13)24-10-25-18)12-7-11(8-12)9-29-14-3-4-15(28-2)26-16(14)19(20,21)22/h3-6,10-12H,7-9H2,1-2H3,(H,23,24,25)/t11-,12+. The van der Waals surface area contributed by atoms with E-state index >= 15 is 0 Å². The van der Waals surface area contributed by atoms with Crippen molar-refractivity contribution in [3.8, 4) is 5.88 Å². The summed E-state index contributed by atoms with van der Waals surface area (Å²) in [5.41, 5.74) is -0.0920. The molecule has 3 aromatic heterocycles. The number of nitrogens with one attached hydrogen (secondary N) is 1. The number of halogens is 3. The average molecular weight is 423 g/mol. The number of aromatic amines is 1. The molecule has 154 valence electrons. The minimum Gasteiger partial charge on any atom is -0.481 e. The van der Waals surface area contributed by atoms with Gasteiger partial charge < -0.3 is 14.6 Å². The minimum absolute atomic E-state index is 0.0343. The van der Waals surface area contributed by atoms with E-state index in [1.54, 1.807) is 0 Å². The molecule has 3 heterocycles. The Morgan fingerprint density at radius 2 is 2.03 bits per heavy atom. The maximum Gasteiger partial charge on any atom is 0.434 e. The molecule has 0 aromatic carbocycles. The van der Waals surface area contributed by atoms with Crippen molar-refractivity contribution in [2.75, 3.05) is 24.8 Å². The van der Waals surface area contributed by atoms with E-state index < -0.39 is 11.9 Å². The number of nitrogens with zero attached hydrogens (tertiary/aromatic N) is 4. The average Bonchev–Trinajstić information content (AvgIpc) is 3.14. The predicted molar refractivity (Wildman–Crippen MR) is 105 cm³/mol. The molecule has 10 heteroatoms. The number of H-pyrrole nitrogens is 1. The van der Waals surface area contributed by atoms with Gasteiger partial charge in [-0.05, 0) is 30.9 Å². The van der Waals surface area contributed by atoms with Crippen molar-refractivity contribution in [3.63, 3.8) is 0 Å². The Labute approximate surface area is 169 Å². The van der Waals surface area contributed by atoms with E-state index in [0.29, 0.717) is 17.7 Å². The molecule has 0 bridgehead atoms. The van der Waals surface area contributed by atoms with Gasteiger partial charge in [0.15, 0.2) is 5.69 Å². The zero-order valence-corrected chi connectivity index (χ0v) is 16.7. The Bertz CT molecular complexity index is 1000. The van der Waals surface area contributed by atoms with Crippen LogP contribution in [0.3, 0.4) is 0 Å². The highest BCUT2D eigenvalue weighted by molar-refractivity contribution is 7.99. The highest BCUT2D eigenvalue weighted by Gasteiger charge is 2.37. The Balaban J connectivity index is 1.38. The molecule has 0 atom stereocenters. The largest absolute Gasteiger partial charge is 0.481 e. The Hall–Kier alpha value is -2.49. The number of anilines is 1. The zero-order valence-electron chi connectivity index (χ0n) is 15.9. The summed E-state index contributed by atoms with van der Waals surface area (Å²) in [4.78, 5) is 17.5. The molecule has 1 aliphatic rings. The molecule has 1 N–H and O–H groups in total. The van der Waals surface area contributed by atoms with Gasteiger partial charge in [0.25, 0.3) is 0 Å². The van der Waals surface area contributed by atoms with Crippen LogP contribution < -0.4 is 9.64 Å². The molecular formula is C19H20F3N5OS. The van der Waals surface area contributed by atoms with Crippen molar-refractivity contribution >= 4 is 28.6 Å². The summed E-state index contributed by atoms with van der Waals surface area (Å²) >= 11 is 1.20. The second-order valence-corrected chi connectivity index (χ2v) is 8.11. The summed E-state index contributed by atoms with van der Waals surface area (Å²) in [5.74, 6) is 1.79. The summed E-state index contributed by atoms with van der Waals surface area (Å²) in [5, 5.41) is 0.965. The minimum atomic E-state index is -4.51. The van der Waals surface area contributed by atoms with Gasteiger partial charge in [-0.2, -0.15) is 13.2 Å². The van der Waals surface area contributed by atoms with Gasteiger partial charge in [0.1, 0.15) is 17.8 Å². The smallest absolute Gasteiger partial charge is 0.434 e. The van der Waals surface area contributed by atoms with Gasteiger partial charge in [0.2, 0.25) is 5.88 Å². The van der Waals surface area contributed by atoms with Crippen LogP contribution in [-0.2, 0) is 6.18 Å². The molecule has 0 saturated heterocycles. The van der Waals surface area contributed by atoms with Crippen LogP contribution in [0.4, 0.5) is 19.0 Å². The van der Waals surface area contributed by atoms with E-state index in [1.807, 2.05) is 19.3 Å². The van der Waals surface area contributed by atoms with Crippen LogP contribution in [0.15, 0.2) is 35.6 Å². The van der Waals surface area contributed by atoms with Crippen molar-refractivity contribution < 1.29 is 17.9 Å². The third-order valence-corrected chi connectivity index (χ3v) is 6.49. The van der Waals surface area contributed by atoms with Gasteiger partial charge in [0.05, 0.1) is 12.5 Å². The molecule has 0 unspecified atom stereocenters. The highest BCUT2D eigenvalue weighted by atomic mass is 32.2. The number of pyridine rings is 1. The first kappa shape index (κ1) is 19.8. The van der Waals surface area contributed by atoms with Gasteiger partial charge in [-0.3, -0.25) is 0 Å². The van der Waals surface area contributed by atoms with E-state index in [-0.39, 0.29) is 10.8 Å². The van der Waals surface area contributed by atoms with Crippen molar-refractivity contribution in [1.82, 2.24) is 19.9 Å². The van der Waals surface area contributed by atoms with E-state index in [2.05, 4.69) is 24.8 Å². The summed E-state index contributed by atoms with van der Waals surface area (Å²) in [7, 11) is 3.30. The van der Waals surface area contributed by atoms with Gasteiger partial charge in [0, 0.05) is 36.0 Å². The molecule has 29 heavy (non-hydrogen) atoms. The fraction of sp³-hybridized carbons (Fsp3) is 0.421. The van der Waals surface area contributed by atoms with Crippen LogP contribution in [0, 0.1) is 5.92 Å². The van der Waals surface area contributed by atoms with Crippen LogP contribution in [0.2, 0.25) is 0 Å². The number of aromatic nitrogens is 4. The number of thioether (sulfide) groups is 1. The van der Waals surface area contributed by atoms with Crippen LogP contribution in [0.5, 0.6) is 5.88 Å². The lowest BCUT2D eigenvalue weighted by Gasteiger charge is -2.41. The van der Waals surface area contributed by atoms with E-state index in [0.717, 1.165) is 29.7 Å². The number of ether oxygens (including phenoxy) is 1. The number of methoxy groups -OCH3 is 1. The lowest BCUT2D eigenvalue weighted by molar-refractivity contribution is -0.143. The monoisotopic (exact) mass is 423 g/mol. The molecule has 1 saturated carbocycles. The normalized spacial score (nSPS) is 19.2. The van der Waals surface area contributed by atoms with Crippen molar-refractivity contribution in [1.29, 1.82) is 0 Å². The third-order valence-electron chi connectivity index (χ3n) is 5.21. The summed E-state index contributed by atoms with van der Waals surface area (Å²) in [6.45, 7) is 0. The molecule has 3 aromatic rings. The second-order valence-electron chi connectivity index (χ2n) is 7.05. The van der Waals surface area contributed by atoms with Crippen molar-refractivity contribution in [2.45, 2.75) is 30.0 Å². The van der Waals surface area contributed by atoms with E-state index in [1.165, 1.54) is 37.3 Å². The highest BCUT2D eigenvalue weighted by Crippen LogP contribution is 2.41. The maximum absolute atomic E-state index is 13.3. The second kappa shape index (κ2) is 7.74. The SMILES string of the molecule is COc1ccc(SC[C@H]2C[C@@H](N(C)c3ncnc4[nH]ccc34)C2)c(C(F)(F)F)n1. The van der Waals surface area contributed by atoms with Gasteiger partial charge >= 0.3 is 6.18 Å². The van der Waals surface area contributed by atoms with Crippen LogP contribution in [0.1, 0.15) is 18.5 Å². The van der Waals surface area contributed by atoms with Gasteiger partial charge in [-0.25, -0.2) is 15.0 Å². The quantitative estimate of drug-likeness (QED) is 0.594. The van der Waals surface area contributed by atoms with Crippen LogP contribution in [-0.4, -0.2) is 45.9 Å². The van der Waals surface area contributed by atoms with Crippen LogP contribution >= 0.6 is 11.8 Å². The summed E-state index contributed by atoms with van der Waals surface area (Å²) < 4.78 is 44.7. The Morgan fingerprint density at radius 3 is 2.76 bits per heavy atom. The third kappa shape index (κ3) is 3.98. The zero-order chi connectivity index (χ0) is 20.6. The molecule has 0 amide bonds. The molecule has 4 rings (SSSR count). The number of rotatable bonds is 6. The summed E-state index contributed by atoms with van der Waals surface area (Å²) in [6, 6.07) is 5.16.